The van der Waals surface area contributed by atoms with E-state index in [2.05, 4.69) is 16.6 Å². The van der Waals surface area contributed by atoms with Crippen LogP contribution in [0.3, 0.4) is 0 Å². The van der Waals surface area contributed by atoms with Crippen molar-refractivity contribution in [3.05, 3.63) is 29.3 Å². The van der Waals surface area contributed by atoms with E-state index in [-0.39, 0.29) is 6.54 Å². The molecule has 5 nitrogen and oxygen atoms in total. The minimum Gasteiger partial charge on any atom is -0.320 e. The molecule has 1 aliphatic rings. The van der Waals surface area contributed by atoms with Crippen molar-refractivity contribution >= 4 is 15.9 Å². The van der Waals surface area contributed by atoms with E-state index >= 15 is 0 Å². The van der Waals surface area contributed by atoms with E-state index in [1.165, 1.54) is 4.31 Å². The number of aryl methyl sites for hydroxylation is 1. The Kier molecular flexibility index (Phi) is 4.65. The zero-order valence-electron chi connectivity index (χ0n) is 11.5. The number of hydrogen-bond donors (Lipinski definition) is 2. The molecule has 1 heterocycles. The van der Waals surface area contributed by atoms with Crippen LogP contribution in [0.2, 0.25) is 0 Å². The van der Waals surface area contributed by atoms with E-state index in [4.69, 9.17) is 5.73 Å². The van der Waals surface area contributed by atoms with Crippen LogP contribution in [0.25, 0.3) is 0 Å². The Bertz CT molecular complexity index is 638. The summed E-state index contributed by atoms with van der Waals surface area (Å²) in [6, 6.07) is 5.42. The Morgan fingerprint density at radius 1 is 1.30 bits per heavy atom. The number of nitrogens with zero attached hydrogens (tertiary/aromatic N) is 1. The van der Waals surface area contributed by atoms with E-state index in [0.717, 1.165) is 24.0 Å². The van der Waals surface area contributed by atoms with Gasteiger partial charge in [0.15, 0.2) is 0 Å². The monoisotopic (exact) mass is 293 g/mol. The fourth-order valence-electron chi connectivity index (χ4n) is 2.21. The molecule has 0 saturated carbocycles. The molecule has 0 atom stereocenters. The van der Waals surface area contributed by atoms with Crippen LogP contribution in [0.1, 0.15) is 24.0 Å². The van der Waals surface area contributed by atoms with Crippen LogP contribution < -0.4 is 10.5 Å². The van der Waals surface area contributed by atoms with Crippen LogP contribution in [0.15, 0.2) is 18.2 Å². The third kappa shape index (κ3) is 3.73. The van der Waals surface area contributed by atoms with E-state index in [9.17, 15) is 8.42 Å². The molecule has 0 spiro atoms. The second kappa shape index (κ2) is 6.27. The van der Waals surface area contributed by atoms with Gasteiger partial charge in [0, 0.05) is 18.7 Å². The normalized spacial score (nSPS) is 15.7. The van der Waals surface area contributed by atoms with Gasteiger partial charge in [-0.25, -0.2) is 0 Å². The van der Waals surface area contributed by atoms with Crippen LogP contribution in [-0.2, 0) is 10.2 Å². The molecule has 0 amide bonds. The van der Waals surface area contributed by atoms with Crippen molar-refractivity contribution in [3.8, 4) is 11.8 Å². The van der Waals surface area contributed by atoms with Crippen LogP contribution in [0.4, 0.5) is 5.69 Å². The fourth-order valence-corrected chi connectivity index (χ4v) is 3.49. The van der Waals surface area contributed by atoms with E-state index in [1.54, 1.807) is 12.1 Å². The van der Waals surface area contributed by atoms with Crippen LogP contribution in [0.5, 0.6) is 0 Å². The Balaban J connectivity index is 2.22. The molecule has 3 N–H and O–H groups in total. The van der Waals surface area contributed by atoms with Gasteiger partial charge in [-0.3, -0.25) is 4.72 Å². The molecule has 0 aromatic heterocycles. The fraction of sp³-hybridized carbons (Fsp3) is 0.429. The van der Waals surface area contributed by atoms with E-state index < -0.39 is 10.2 Å². The first-order valence-electron chi connectivity index (χ1n) is 6.60. The van der Waals surface area contributed by atoms with Crippen molar-refractivity contribution < 1.29 is 8.42 Å². The molecule has 108 valence electrons. The summed E-state index contributed by atoms with van der Waals surface area (Å²) in [5.41, 5.74) is 7.60. The number of hydrogen-bond acceptors (Lipinski definition) is 3. The van der Waals surface area contributed by atoms with Gasteiger partial charge in [-0.15, -0.1) is 0 Å². The van der Waals surface area contributed by atoms with Crippen molar-refractivity contribution in [1.82, 2.24) is 4.31 Å². The van der Waals surface area contributed by atoms with Gasteiger partial charge in [0.05, 0.1) is 12.2 Å². The van der Waals surface area contributed by atoms with E-state index in [0.29, 0.717) is 18.8 Å². The van der Waals surface area contributed by atoms with Gasteiger partial charge >= 0.3 is 10.2 Å². The SMILES string of the molecule is Cc1cc(C#CCN)cc(NS(=O)(=O)N2CCCC2)c1. The maximum Gasteiger partial charge on any atom is 0.301 e. The quantitative estimate of drug-likeness (QED) is 0.818. The van der Waals surface area contributed by atoms with Crippen molar-refractivity contribution in [2.45, 2.75) is 19.8 Å². The molecule has 1 aromatic carbocycles. The molecule has 0 radical (unpaired) electrons. The molecule has 0 unspecified atom stereocenters. The van der Waals surface area contributed by atoms with Gasteiger partial charge in [0.25, 0.3) is 0 Å². The van der Waals surface area contributed by atoms with Crippen LogP contribution >= 0.6 is 0 Å². The van der Waals surface area contributed by atoms with Gasteiger partial charge < -0.3 is 5.73 Å². The number of nitrogens with two attached hydrogens (primary N) is 1. The Morgan fingerprint density at radius 3 is 2.65 bits per heavy atom. The molecule has 1 fully saturated rings. The van der Waals surface area contributed by atoms with Gasteiger partial charge in [-0.05, 0) is 43.5 Å². The van der Waals surface area contributed by atoms with Gasteiger partial charge in [-0.2, -0.15) is 12.7 Å². The summed E-state index contributed by atoms with van der Waals surface area (Å²) >= 11 is 0. The Labute approximate surface area is 120 Å². The largest absolute Gasteiger partial charge is 0.320 e. The first-order valence-corrected chi connectivity index (χ1v) is 8.04. The van der Waals surface area contributed by atoms with Gasteiger partial charge in [0.2, 0.25) is 0 Å². The smallest absolute Gasteiger partial charge is 0.301 e. The predicted octanol–water partition coefficient (Wildman–Crippen LogP) is 1.06. The van der Waals surface area contributed by atoms with E-state index in [1.807, 2.05) is 13.0 Å². The molecule has 20 heavy (non-hydrogen) atoms. The van der Waals surface area contributed by atoms with Crippen LogP contribution in [-0.4, -0.2) is 32.4 Å². The molecule has 1 saturated heterocycles. The summed E-state index contributed by atoms with van der Waals surface area (Å²) in [5, 5.41) is 0. The first kappa shape index (κ1) is 14.9. The summed E-state index contributed by atoms with van der Waals surface area (Å²) in [5.74, 6) is 5.68. The summed E-state index contributed by atoms with van der Waals surface area (Å²) < 4.78 is 28.5. The average molecular weight is 293 g/mol. The summed E-state index contributed by atoms with van der Waals surface area (Å²) in [4.78, 5) is 0. The summed E-state index contributed by atoms with van der Waals surface area (Å²) in [6.07, 6.45) is 1.84. The molecule has 0 aliphatic carbocycles. The highest BCUT2D eigenvalue weighted by atomic mass is 32.2. The van der Waals surface area contributed by atoms with Crippen molar-refractivity contribution in [3.63, 3.8) is 0 Å². The third-order valence-electron chi connectivity index (χ3n) is 3.06. The lowest BCUT2D eigenvalue weighted by Crippen LogP contribution is -2.33. The summed E-state index contributed by atoms with van der Waals surface area (Å²) in [6.45, 7) is 3.35. The number of nitrogens with one attached hydrogen (secondary N) is 1. The van der Waals surface area contributed by atoms with Crippen molar-refractivity contribution in [1.29, 1.82) is 0 Å². The number of anilines is 1. The van der Waals surface area contributed by atoms with Crippen molar-refractivity contribution in [2.75, 3.05) is 24.4 Å². The minimum atomic E-state index is -3.46. The summed E-state index contributed by atoms with van der Waals surface area (Å²) in [7, 11) is -3.46. The highest BCUT2D eigenvalue weighted by molar-refractivity contribution is 7.90. The predicted molar refractivity (Wildman–Crippen MR) is 80.5 cm³/mol. The second-order valence-electron chi connectivity index (χ2n) is 4.81. The molecule has 2 rings (SSSR count). The molecule has 6 heteroatoms. The second-order valence-corrected chi connectivity index (χ2v) is 6.48. The lowest BCUT2D eigenvalue weighted by molar-refractivity contribution is 0.482. The number of benzene rings is 1. The molecule has 0 bridgehead atoms. The standard InChI is InChI=1S/C14H19N3O2S/c1-12-9-13(5-4-6-15)11-14(10-12)16-20(18,19)17-7-2-3-8-17/h9-11,16H,2-3,6-8,15H2,1H3. The highest BCUT2D eigenvalue weighted by Crippen LogP contribution is 2.19. The average Bonchev–Trinajstić information content (AvgIpc) is 2.89. The maximum atomic E-state index is 12.2. The lowest BCUT2D eigenvalue weighted by atomic mass is 10.1. The highest BCUT2D eigenvalue weighted by Gasteiger charge is 2.25. The molecular formula is C14H19N3O2S. The van der Waals surface area contributed by atoms with Gasteiger partial charge in [0.1, 0.15) is 0 Å². The molecular weight excluding hydrogens is 274 g/mol. The number of rotatable bonds is 3. The molecule has 1 aliphatic heterocycles. The Hall–Kier alpha value is -1.55. The molecule has 1 aromatic rings. The maximum absolute atomic E-state index is 12.2. The van der Waals surface area contributed by atoms with Gasteiger partial charge in [-0.1, -0.05) is 11.8 Å². The zero-order valence-corrected chi connectivity index (χ0v) is 12.3. The Morgan fingerprint density at radius 2 is 2.00 bits per heavy atom. The minimum absolute atomic E-state index is 0.281. The van der Waals surface area contributed by atoms with Crippen LogP contribution in [0, 0.1) is 18.8 Å². The topological polar surface area (TPSA) is 75.4 Å². The first-order chi connectivity index (χ1) is 9.51. The zero-order chi connectivity index (χ0) is 14.6. The van der Waals surface area contributed by atoms with Crippen molar-refractivity contribution in [2.24, 2.45) is 5.73 Å². The lowest BCUT2D eigenvalue weighted by Gasteiger charge is -2.17. The third-order valence-corrected chi connectivity index (χ3v) is 4.60.